The van der Waals surface area contributed by atoms with Crippen LogP contribution in [-0.4, -0.2) is 19.0 Å². The van der Waals surface area contributed by atoms with Gasteiger partial charge in [0, 0.05) is 4.83 Å². The average molecular weight is 333 g/mol. The van der Waals surface area contributed by atoms with Crippen molar-refractivity contribution in [3.05, 3.63) is 29.8 Å². The van der Waals surface area contributed by atoms with Crippen LogP contribution in [0, 0.1) is 0 Å². The van der Waals surface area contributed by atoms with Crippen molar-refractivity contribution in [2.75, 3.05) is 5.75 Å². The highest BCUT2D eigenvalue weighted by Gasteiger charge is 2.18. The van der Waals surface area contributed by atoms with Crippen molar-refractivity contribution in [2.24, 2.45) is 0 Å². The minimum atomic E-state index is -3.12. The van der Waals surface area contributed by atoms with E-state index in [1.165, 1.54) is 0 Å². The molecule has 102 valence electrons. The largest absolute Gasteiger partial charge is 0.224 e. The topological polar surface area (TPSA) is 34.1 Å². The summed E-state index contributed by atoms with van der Waals surface area (Å²) >= 11 is 3.62. The Morgan fingerprint density at radius 3 is 2.44 bits per heavy atom. The van der Waals surface area contributed by atoms with Gasteiger partial charge in [0.2, 0.25) is 0 Å². The molecule has 0 bridgehead atoms. The Bertz CT molecular complexity index is 468. The van der Waals surface area contributed by atoms with Crippen molar-refractivity contribution in [3.63, 3.8) is 0 Å². The summed E-state index contributed by atoms with van der Waals surface area (Å²) in [7, 11) is -3.12. The number of hydrogen-bond acceptors (Lipinski definition) is 2. The van der Waals surface area contributed by atoms with Gasteiger partial charge in [0.05, 0.1) is 10.6 Å². The highest BCUT2D eigenvalue weighted by molar-refractivity contribution is 9.09. The van der Waals surface area contributed by atoms with Crippen LogP contribution in [0.4, 0.5) is 0 Å². The second kappa shape index (κ2) is 7.29. The fourth-order valence-electron chi connectivity index (χ4n) is 2.01. The lowest BCUT2D eigenvalue weighted by atomic mass is 10.1. The zero-order valence-electron chi connectivity index (χ0n) is 11.0. The molecule has 1 aromatic rings. The Labute approximate surface area is 119 Å². The zero-order chi connectivity index (χ0) is 13.6. The first-order valence-electron chi connectivity index (χ1n) is 6.46. The van der Waals surface area contributed by atoms with Crippen LogP contribution in [0.3, 0.4) is 0 Å². The zero-order valence-corrected chi connectivity index (χ0v) is 13.4. The summed E-state index contributed by atoms with van der Waals surface area (Å²) in [6, 6.07) is 7.36. The van der Waals surface area contributed by atoms with Crippen molar-refractivity contribution in [1.82, 2.24) is 0 Å². The lowest BCUT2D eigenvalue weighted by Crippen LogP contribution is -2.11. The lowest BCUT2D eigenvalue weighted by Gasteiger charge is -2.13. The number of alkyl halides is 1. The van der Waals surface area contributed by atoms with Crippen molar-refractivity contribution in [2.45, 2.75) is 49.3 Å². The van der Waals surface area contributed by atoms with Crippen molar-refractivity contribution >= 4 is 25.8 Å². The number of hydrogen-bond donors (Lipinski definition) is 0. The predicted octanol–water partition coefficient (Wildman–Crippen LogP) is 3.98. The van der Waals surface area contributed by atoms with Gasteiger partial charge in [-0.1, -0.05) is 54.4 Å². The third kappa shape index (κ3) is 4.39. The smallest absolute Gasteiger partial charge is 0.178 e. The standard InChI is InChI=1S/C14H21BrO2S/c1-3-7-13(15)11-12-8-5-6-9-14(12)18(16,17)10-4-2/h5-6,8-9,13H,3-4,7,10-11H2,1-2H3. The molecule has 1 unspecified atom stereocenters. The van der Waals surface area contributed by atoms with E-state index in [-0.39, 0.29) is 5.75 Å². The van der Waals surface area contributed by atoms with Gasteiger partial charge in [-0.05, 0) is 30.9 Å². The molecule has 4 heteroatoms. The van der Waals surface area contributed by atoms with Crippen LogP contribution in [0.2, 0.25) is 0 Å². The van der Waals surface area contributed by atoms with E-state index < -0.39 is 9.84 Å². The van der Waals surface area contributed by atoms with Crippen LogP contribution in [0.25, 0.3) is 0 Å². The molecule has 0 spiro atoms. The number of halogens is 1. The molecule has 0 aromatic heterocycles. The molecular weight excluding hydrogens is 312 g/mol. The fraction of sp³-hybridized carbons (Fsp3) is 0.571. The van der Waals surface area contributed by atoms with E-state index in [0.717, 1.165) is 24.8 Å². The van der Waals surface area contributed by atoms with Gasteiger partial charge in [-0.25, -0.2) is 8.42 Å². The fourth-order valence-corrected chi connectivity index (χ4v) is 4.41. The van der Waals surface area contributed by atoms with Crippen LogP contribution in [-0.2, 0) is 16.3 Å². The minimum Gasteiger partial charge on any atom is -0.224 e. The predicted molar refractivity (Wildman–Crippen MR) is 80.1 cm³/mol. The van der Waals surface area contributed by atoms with Crippen molar-refractivity contribution < 1.29 is 8.42 Å². The number of sulfone groups is 1. The molecule has 1 aromatic carbocycles. The van der Waals surface area contributed by atoms with E-state index in [4.69, 9.17) is 0 Å². The van der Waals surface area contributed by atoms with Gasteiger partial charge < -0.3 is 0 Å². The molecule has 0 saturated carbocycles. The van der Waals surface area contributed by atoms with E-state index >= 15 is 0 Å². The number of benzene rings is 1. The summed E-state index contributed by atoms with van der Waals surface area (Å²) in [6.07, 6.45) is 3.58. The molecule has 0 aliphatic carbocycles. The third-order valence-corrected chi connectivity index (χ3v) is 5.62. The summed E-state index contributed by atoms with van der Waals surface area (Å²) in [6.45, 7) is 4.03. The molecule has 0 heterocycles. The molecule has 0 N–H and O–H groups in total. The van der Waals surface area contributed by atoms with Gasteiger partial charge in [-0.15, -0.1) is 0 Å². The monoisotopic (exact) mass is 332 g/mol. The molecule has 18 heavy (non-hydrogen) atoms. The second-order valence-electron chi connectivity index (χ2n) is 4.52. The van der Waals surface area contributed by atoms with Gasteiger partial charge in [-0.3, -0.25) is 0 Å². The first kappa shape index (κ1) is 15.7. The Balaban J connectivity index is 3.00. The van der Waals surface area contributed by atoms with Crippen LogP contribution < -0.4 is 0 Å². The van der Waals surface area contributed by atoms with Crippen molar-refractivity contribution in [1.29, 1.82) is 0 Å². The summed E-state index contributed by atoms with van der Waals surface area (Å²) in [5, 5.41) is 0. The highest BCUT2D eigenvalue weighted by Crippen LogP contribution is 2.22. The molecule has 1 atom stereocenters. The average Bonchev–Trinajstić information content (AvgIpc) is 2.29. The normalized spacial score (nSPS) is 13.5. The Hall–Kier alpha value is -0.350. The van der Waals surface area contributed by atoms with Crippen LogP contribution in [0.1, 0.15) is 38.7 Å². The van der Waals surface area contributed by atoms with Gasteiger partial charge in [-0.2, -0.15) is 0 Å². The molecule has 0 aliphatic heterocycles. The van der Waals surface area contributed by atoms with Gasteiger partial charge in [0.15, 0.2) is 9.84 Å². The summed E-state index contributed by atoms with van der Waals surface area (Å²) < 4.78 is 24.4. The maximum Gasteiger partial charge on any atom is 0.178 e. The van der Waals surface area contributed by atoms with E-state index in [9.17, 15) is 8.42 Å². The molecule has 1 rings (SSSR count). The molecule has 0 aliphatic rings. The Morgan fingerprint density at radius 2 is 1.83 bits per heavy atom. The van der Waals surface area contributed by atoms with Crippen molar-refractivity contribution in [3.8, 4) is 0 Å². The summed E-state index contributed by atoms with van der Waals surface area (Å²) in [5.41, 5.74) is 0.932. The number of rotatable bonds is 7. The van der Waals surface area contributed by atoms with Gasteiger partial charge in [0.25, 0.3) is 0 Å². The van der Waals surface area contributed by atoms with E-state index in [2.05, 4.69) is 22.9 Å². The molecular formula is C14H21BrO2S. The Kier molecular flexibility index (Phi) is 6.36. The first-order chi connectivity index (χ1) is 8.51. The Morgan fingerprint density at radius 1 is 1.17 bits per heavy atom. The SMILES string of the molecule is CCCC(Br)Cc1ccccc1S(=O)(=O)CCC. The van der Waals surface area contributed by atoms with Crippen LogP contribution in [0.15, 0.2) is 29.2 Å². The third-order valence-electron chi connectivity index (χ3n) is 2.82. The molecule has 0 fully saturated rings. The molecule has 0 amide bonds. The summed E-state index contributed by atoms with van der Waals surface area (Å²) in [5.74, 6) is 0.227. The molecule has 2 nitrogen and oxygen atoms in total. The van der Waals surface area contributed by atoms with E-state index in [1.807, 2.05) is 19.1 Å². The van der Waals surface area contributed by atoms with E-state index in [1.54, 1.807) is 12.1 Å². The first-order valence-corrected chi connectivity index (χ1v) is 9.02. The van der Waals surface area contributed by atoms with Gasteiger partial charge in [0.1, 0.15) is 0 Å². The minimum absolute atomic E-state index is 0.227. The van der Waals surface area contributed by atoms with E-state index in [0.29, 0.717) is 16.1 Å². The van der Waals surface area contributed by atoms with Crippen LogP contribution >= 0.6 is 15.9 Å². The second-order valence-corrected chi connectivity index (χ2v) is 7.89. The molecule has 0 saturated heterocycles. The molecule has 0 radical (unpaired) electrons. The maximum absolute atomic E-state index is 12.2. The lowest BCUT2D eigenvalue weighted by molar-refractivity contribution is 0.593. The maximum atomic E-state index is 12.2. The van der Waals surface area contributed by atoms with Crippen LogP contribution in [0.5, 0.6) is 0 Å². The quantitative estimate of drug-likeness (QED) is 0.708. The van der Waals surface area contributed by atoms with Gasteiger partial charge >= 0.3 is 0 Å². The highest BCUT2D eigenvalue weighted by atomic mass is 79.9. The summed E-state index contributed by atoms with van der Waals surface area (Å²) in [4.78, 5) is 0.855.